The van der Waals surface area contributed by atoms with E-state index in [1.54, 1.807) is 10.8 Å². The van der Waals surface area contributed by atoms with Gasteiger partial charge in [-0.2, -0.15) is 0 Å². The summed E-state index contributed by atoms with van der Waals surface area (Å²) in [7, 11) is 2.83. The molecule has 0 amide bonds. The van der Waals surface area contributed by atoms with E-state index in [2.05, 4.69) is 17.0 Å². The van der Waals surface area contributed by atoms with E-state index in [9.17, 15) is 4.57 Å². The van der Waals surface area contributed by atoms with Gasteiger partial charge < -0.3 is 4.52 Å². The number of hydrogen-bond donors (Lipinski definition) is 1. The molecular weight excluding hydrogens is 251 g/mol. The fraction of sp³-hybridized carbons (Fsp3) is 0.875. The Morgan fingerprint density at radius 3 is 2.73 bits per heavy atom. The van der Waals surface area contributed by atoms with Crippen molar-refractivity contribution in [3.63, 3.8) is 0 Å². The normalized spacial score (nSPS) is 15.4. The summed E-state index contributed by atoms with van der Waals surface area (Å²) < 4.78 is 17.3. The second kappa shape index (κ2) is 9.58. The highest BCUT2D eigenvalue weighted by atomic mass is 33.3. The van der Waals surface area contributed by atoms with Crippen molar-refractivity contribution in [2.24, 2.45) is 4.99 Å². The first kappa shape index (κ1) is 15.4. The van der Waals surface area contributed by atoms with Crippen LogP contribution in [0.25, 0.3) is 0 Å². The van der Waals surface area contributed by atoms with E-state index in [0.29, 0.717) is 13.2 Å². The van der Waals surface area contributed by atoms with Crippen LogP contribution in [0.15, 0.2) is 4.99 Å². The van der Waals surface area contributed by atoms with Gasteiger partial charge in [-0.1, -0.05) is 17.7 Å². The highest BCUT2D eigenvalue weighted by Crippen LogP contribution is 2.61. The standard InChI is InChI=1S/C8H19N2O2PS2/c1-4-7-14-15-13(11,12-6-3)10-8-9-5-2/h8H,4-7H2,1-3H3,(H,9,10,11). The van der Waals surface area contributed by atoms with Gasteiger partial charge in [0.25, 0.3) is 0 Å². The van der Waals surface area contributed by atoms with Gasteiger partial charge in [0.1, 0.15) is 0 Å². The summed E-state index contributed by atoms with van der Waals surface area (Å²) in [6.45, 7) is 4.15. The minimum atomic E-state index is -2.80. The van der Waals surface area contributed by atoms with E-state index in [-0.39, 0.29) is 0 Å². The fourth-order valence-electron chi connectivity index (χ4n) is 0.643. The van der Waals surface area contributed by atoms with Crippen molar-refractivity contribution in [2.45, 2.75) is 27.2 Å². The Morgan fingerprint density at radius 2 is 2.20 bits per heavy atom. The summed E-state index contributed by atoms with van der Waals surface area (Å²) in [6.07, 6.45) is 2.53. The minimum absolute atomic E-state index is 0.434. The lowest BCUT2D eigenvalue weighted by Crippen LogP contribution is -2.07. The number of nitrogens with one attached hydrogen (secondary N) is 1. The van der Waals surface area contributed by atoms with E-state index in [1.165, 1.54) is 16.8 Å². The van der Waals surface area contributed by atoms with Gasteiger partial charge in [-0.25, -0.2) is 0 Å². The van der Waals surface area contributed by atoms with Gasteiger partial charge in [0.15, 0.2) is 0 Å². The molecule has 0 fully saturated rings. The predicted octanol–water partition coefficient (Wildman–Crippen LogP) is 3.56. The van der Waals surface area contributed by atoms with E-state index in [4.69, 9.17) is 4.52 Å². The molecule has 0 heterocycles. The molecule has 0 aliphatic rings. The Morgan fingerprint density at radius 1 is 1.47 bits per heavy atom. The molecule has 0 saturated carbocycles. The van der Waals surface area contributed by atoms with Gasteiger partial charge in [-0.15, -0.1) is 0 Å². The van der Waals surface area contributed by atoms with Gasteiger partial charge in [-0.05, 0) is 20.3 Å². The smallest absolute Gasteiger partial charge is 0.306 e. The maximum Gasteiger partial charge on any atom is 0.362 e. The van der Waals surface area contributed by atoms with Crippen LogP contribution in [-0.4, -0.2) is 25.2 Å². The van der Waals surface area contributed by atoms with Gasteiger partial charge in [0, 0.05) is 22.7 Å². The van der Waals surface area contributed by atoms with Crippen LogP contribution in [0.3, 0.4) is 0 Å². The zero-order valence-corrected chi connectivity index (χ0v) is 12.0. The maximum atomic E-state index is 12.1. The van der Waals surface area contributed by atoms with Crippen LogP contribution in [0.2, 0.25) is 0 Å². The lowest BCUT2D eigenvalue weighted by atomic mass is 10.6. The quantitative estimate of drug-likeness (QED) is 0.228. The Labute approximate surface area is 99.7 Å². The first-order chi connectivity index (χ1) is 7.18. The van der Waals surface area contributed by atoms with Gasteiger partial charge in [0.2, 0.25) is 0 Å². The molecule has 0 aromatic heterocycles. The summed E-state index contributed by atoms with van der Waals surface area (Å²) >= 11 is 0. The molecule has 0 aromatic rings. The Hall–Kier alpha value is 0.360. The van der Waals surface area contributed by atoms with E-state index >= 15 is 0 Å². The molecule has 15 heavy (non-hydrogen) atoms. The van der Waals surface area contributed by atoms with Crippen LogP contribution < -0.4 is 5.09 Å². The minimum Gasteiger partial charge on any atom is -0.306 e. The molecule has 1 N–H and O–H groups in total. The molecular formula is C8H19N2O2PS2. The van der Waals surface area contributed by atoms with Crippen LogP contribution in [-0.2, 0) is 9.09 Å². The number of nitrogens with zero attached hydrogens (tertiary/aromatic N) is 1. The molecule has 1 unspecified atom stereocenters. The highest BCUT2D eigenvalue weighted by Gasteiger charge is 2.22. The van der Waals surface area contributed by atoms with Crippen molar-refractivity contribution >= 4 is 34.3 Å². The average Bonchev–Trinajstić information content (AvgIpc) is 2.19. The van der Waals surface area contributed by atoms with Crippen LogP contribution in [0.1, 0.15) is 27.2 Å². The van der Waals surface area contributed by atoms with Crippen LogP contribution in [0.4, 0.5) is 0 Å². The monoisotopic (exact) mass is 270 g/mol. The third-order valence-corrected chi connectivity index (χ3v) is 7.89. The van der Waals surface area contributed by atoms with E-state index in [1.807, 2.05) is 13.8 Å². The molecule has 0 saturated heterocycles. The highest BCUT2D eigenvalue weighted by molar-refractivity contribution is 8.99. The van der Waals surface area contributed by atoms with E-state index < -0.39 is 6.72 Å². The second-order valence-electron chi connectivity index (χ2n) is 2.57. The molecule has 1 atom stereocenters. The topological polar surface area (TPSA) is 50.7 Å². The third-order valence-electron chi connectivity index (χ3n) is 1.23. The molecule has 0 radical (unpaired) electrons. The predicted molar refractivity (Wildman–Crippen MR) is 71.7 cm³/mol. The Kier molecular flexibility index (Phi) is 9.81. The Bertz CT molecular complexity index is 227. The van der Waals surface area contributed by atoms with Crippen molar-refractivity contribution in [3.8, 4) is 0 Å². The fourth-order valence-corrected chi connectivity index (χ4v) is 6.30. The molecule has 0 spiro atoms. The largest absolute Gasteiger partial charge is 0.362 e. The van der Waals surface area contributed by atoms with Crippen LogP contribution in [0, 0.1) is 0 Å². The van der Waals surface area contributed by atoms with Gasteiger partial charge in [0.05, 0.1) is 12.9 Å². The van der Waals surface area contributed by atoms with Crippen molar-refractivity contribution in [3.05, 3.63) is 0 Å². The number of aliphatic imine (C=N–C) groups is 1. The number of rotatable bonds is 9. The van der Waals surface area contributed by atoms with E-state index in [0.717, 1.165) is 12.2 Å². The molecule has 0 aliphatic carbocycles. The summed E-state index contributed by atoms with van der Waals surface area (Å²) in [5.74, 6) is 0.967. The lowest BCUT2D eigenvalue weighted by Gasteiger charge is -2.14. The molecule has 0 aromatic carbocycles. The molecule has 0 aliphatic heterocycles. The van der Waals surface area contributed by atoms with Crippen LogP contribution >= 0.6 is 27.9 Å². The van der Waals surface area contributed by atoms with Crippen LogP contribution in [0.5, 0.6) is 0 Å². The second-order valence-corrected chi connectivity index (χ2v) is 8.81. The third kappa shape index (κ3) is 8.20. The maximum absolute atomic E-state index is 12.1. The molecule has 7 heteroatoms. The lowest BCUT2D eigenvalue weighted by molar-refractivity contribution is 0.343. The molecule has 90 valence electrons. The molecule has 0 rings (SSSR count). The van der Waals surface area contributed by atoms with Gasteiger partial charge in [-0.3, -0.25) is 14.6 Å². The van der Waals surface area contributed by atoms with Crippen molar-refractivity contribution in [2.75, 3.05) is 18.9 Å². The Balaban J connectivity index is 4.06. The first-order valence-corrected chi connectivity index (χ1v) is 9.55. The van der Waals surface area contributed by atoms with Crippen molar-refractivity contribution in [1.82, 2.24) is 5.09 Å². The summed E-state index contributed by atoms with van der Waals surface area (Å²) in [6, 6.07) is 0. The van der Waals surface area contributed by atoms with Crippen molar-refractivity contribution in [1.29, 1.82) is 0 Å². The first-order valence-electron chi connectivity index (χ1n) is 5.00. The zero-order valence-electron chi connectivity index (χ0n) is 9.43. The van der Waals surface area contributed by atoms with Crippen molar-refractivity contribution < 1.29 is 9.09 Å². The molecule has 0 bridgehead atoms. The SMILES string of the molecule is CCCSSP(=O)(NC=NCC)OCC. The summed E-state index contributed by atoms with van der Waals surface area (Å²) in [4.78, 5) is 3.96. The number of hydrogen-bond acceptors (Lipinski definition) is 5. The summed E-state index contributed by atoms with van der Waals surface area (Å²) in [5.41, 5.74) is 0. The average molecular weight is 270 g/mol. The van der Waals surface area contributed by atoms with Gasteiger partial charge >= 0.3 is 6.72 Å². The summed E-state index contributed by atoms with van der Waals surface area (Å²) in [5, 5.41) is 2.74. The molecule has 4 nitrogen and oxygen atoms in total. The zero-order chi connectivity index (χ0) is 11.6.